The van der Waals surface area contributed by atoms with Crippen LogP contribution in [0.2, 0.25) is 5.02 Å². The zero-order valence-electron chi connectivity index (χ0n) is 14.2. The molecule has 2 heterocycles. The van der Waals surface area contributed by atoms with Crippen LogP contribution >= 0.6 is 11.6 Å². The van der Waals surface area contributed by atoms with Crippen LogP contribution in [0.25, 0.3) is 5.65 Å². The van der Waals surface area contributed by atoms with E-state index in [1.165, 1.54) is 10.5 Å². The monoisotopic (exact) mass is 368 g/mol. The molecule has 1 fully saturated rings. The number of rotatable bonds is 4. The van der Waals surface area contributed by atoms with E-state index in [1.54, 1.807) is 12.3 Å². The quantitative estimate of drug-likeness (QED) is 0.661. The highest BCUT2D eigenvalue weighted by Crippen LogP contribution is 2.50. The Morgan fingerprint density at radius 1 is 1.31 bits per heavy atom. The molecule has 2 atom stereocenters. The summed E-state index contributed by atoms with van der Waals surface area (Å²) in [6.45, 7) is 1.90. The van der Waals surface area contributed by atoms with Crippen LogP contribution in [-0.4, -0.2) is 15.4 Å². The van der Waals surface area contributed by atoms with Crippen molar-refractivity contribution in [2.45, 2.75) is 25.9 Å². The predicted octanol–water partition coefficient (Wildman–Crippen LogP) is 3.50. The van der Waals surface area contributed by atoms with Crippen LogP contribution in [0.3, 0.4) is 0 Å². The Hall–Kier alpha value is -2.66. The number of nitrogens with zero attached hydrogens (tertiary/aromatic N) is 2. The highest BCUT2D eigenvalue weighted by molar-refractivity contribution is 6.31. The second-order valence-electron chi connectivity index (χ2n) is 6.60. The summed E-state index contributed by atoms with van der Waals surface area (Å²) in [4.78, 5) is 28.9. The van der Waals surface area contributed by atoms with Crippen molar-refractivity contribution in [2.24, 2.45) is 5.92 Å². The van der Waals surface area contributed by atoms with Gasteiger partial charge in [-0.1, -0.05) is 35.9 Å². The summed E-state index contributed by atoms with van der Waals surface area (Å²) in [6.07, 6.45) is 2.47. The summed E-state index contributed by atoms with van der Waals surface area (Å²) in [6, 6.07) is 12.6. The lowest BCUT2D eigenvalue weighted by Crippen LogP contribution is -2.17. The number of fused-ring (bicyclic) bond motifs is 1. The molecule has 1 saturated carbocycles. The highest BCUT2D eigenvalue weighted by Gasteiger charge is 2.46. The zero-order valence-corrected chi connectivity index (χ0v) is 14.9. The van der Waals surface area contributed by atoms with Crippen molar-refractivity contribution in [3.63, 3.8) is 0 Å². The van der Waals surface area contributed by atoms with Gasteiger partial charge in [-0.2, -0.15) is 0 Å². The fourth-order valence-electron chi connectivity index (χ4n) is 3.16. The molecule has 0 radical (unpaired) electrons. The molecule has 2 unspecified atom stereocenters. The second kappa shape index (κ2) is 6.57. The molecule has 3 aromatic rings. The Bertz CT molecular complexity index is 1060. The summed E-state index contributed by atoms with van der Waals surface area (Å²) in [5.41, 5.74) is 2.75. The molecule has 5 nitrogen and oxygen atoms in total. The number of hydrogen-bond acceptors (Lipinski definition) is 4. The van der Waals surface area contributed by atoms with Crippen LogP contribution in [0.4, 0.5) is 0 Å². The van der Waals surface area contributed by atoms with E-state index < -0.39 is 0 Å². The molecule has 1 aliphatic rings. The molecule has 0 aliphatic heterocycles. The summed E-state index contributed by atoms with van der Waals surface area (Å²) >= 11 is 6.19. The molecule has 2 aromatic heterocycles. The Labute approximate surface area is 155 Å². The minimum atomic E-state index is -0.277. The number of hydrogen-bond donors (Lipinski definition) is 0. The Morgan fingerprint density at radius 2 is 2.12 bits per heavy atom. The number of benzene rings is 1. The van der Waals surface area contributed by atoms with Gasteiger partial charge in [0.25, 0.3) is 5.56 Å². The minimum Gasteiger partial charge on any atom is -0.459 e. The van der Waals surface area contributed by atoms with Crippen molar-refractivity contribution >= 4 is 23.2 Å². The fourth-order valence-corrected chi connectivity index (χ4v) is 3.44. The summed E-state index contributed by atoms with van der Waals surface area (Å²) in [5, 5.41) is 0.673. The van der Waals surface area contributed by atoms with Crippen LogP contribution in [-0.2, 0) is 16.1 Å². The highest BCUT2D eigenvalue weighted by atomic mass is 35.5. The molecule has 6 heteroatoms. The first-order valence-electron chi connectivity index (χ1n) is 8.43. The van der Waals surface area contributed by atoms with E-state index in [1.807, 2.05) is 37.3 Å². The van der Waals surface area contributed by atoms with Gasteiger partial charge in [-0.05, 0) is 42.5 Å². The first-order valence-corrected chi connectivity index (χ1v) is 8.81. The second-order valence-corrected chi connectivity index (χ2v) is 7.01. The van der Waals surface area contributed by atoms with Gasteiger partial charge in [0.1, 0.15) is 12.3 Å². The van der Waals surface area contributed by atoms with Crippen molar-refractivity contribution in [1.82, 2.24) is 9.38 Å². The average molecular weight is 369 g/mol. The number of carbonyl (C=O) groups excluding carboxylic acids is 1. The normalized spacial score (nSPS) is 18.7. The number of esters is 1. The van der Waals surface area contributed by atoms with Gasteiger partial charge < -0.3 is 4.74 Å². The first kappa shape index (κ1) is 16.8. The molecule has 0 spiro atoms. The summed E-state index contributed by atoms with van der Waals surface area (Å²) in [5.74, 6) is -0.353. The topological polar surface area (TPSA) is 60.7 Å². The minimum absolute atomic E-state index is 0.00973. The van der Waals surface area contributed by atoms with Gasteiger partial charge in [-0.15, -0.1) is 0 Å². The van der Waals surface area contributed by atoms with Crippen molar-refractivity contribution in [3.8, 4) is 0 Å². The van der Waals surface area contributed by atoms with E-state index >= 15 is 0 Å². The Morgan fingerprint density at radius 3 is 2.92 bits per heavy atom. The van der Waals surface area contributed by atoms with Gasteiger partial charge in [0.15, 0.2) is 0 Å². The van der Waals surface area contributed by atoms with Crippen molar-refractivity contribution in [3.05, 3.63) is 80.9 Å². The average Bonchev–Trinajstić information content (AvgIpc) is 3.41. The number of aryl methyl sites for hydroxylation is 1. The number of ether oxygens (including phenoxy) is 1. The molecule has 0 N–H and O–H groups in total. The van der Waals surface area contributed by atoms with Gasteiger partial charge in [-0.25, -0.2) is 4.98 Å². The maximum absolute atomic E-state index is 12.3. The lowest BCUT2D eigenvalue weighted by atomic mass is 10.1. The molecule has 1 aliphatic carbocycles. The van der Waals surface area contributed by atoms with Gasteiger partial charge in [-0.3, -0.25) is 14.0 Å². The smallest absolute Gasteiger partial charge is 0.309 e. The van der Waals surface area contributed by atoms with E-state index in [0.717, 1.165) is 17.5 Å². The van der Waals surface area contributed by atoms with Gasteiger partial charge in [0.2, 0.25) is 0 Å². The number of halogens is 1. The fraction of sp³-hybridized carbons (Fsp3) is 0.250. The third-order valence-electron chi connectivity index (χ3n) is 4.62. The van der Waals surface area contributed by atoms with Crippen LogP contribution in [0.15, 0.2) is 53.5 Å². The predicted molar refractivity (Wildman–Crippen MR) is 98.3 cm³/mol. The third kappa shape index (κ3) is 3.22. The van der Waals surface area contributed by atoms with Crippen LogP contribution in [0.5, 0.6) is 0 Å². The molecule has 132 valence electrons. The molecule has 0 bridgehead atoms. The molecule has 0 amide bonds. The molecule has 4 rings (SSSR count). The Kier molecular flexibility index (Phi) is 4.24. The lowest BCUT2D eigenvalue weighted by molar-refractivity contribution is -0.146. The zero-order chi connectivity index (χ0) is 18.3. The third-order valence-corrected chi connectivity index (χ3v) is 4.96. The summed E-state index contributed by atoms with van der Waals surface area (Å²) < 4.78 is 6.86. The Balaban J connectivity index is 1.44. The number of pyridine rings is 1. The van der Waals surface area contributed by atoms with Crippen molar-refractivity contribution < 1.29 is 9.53 Å². The molecule has 1 aromatic carbocycles. The largest absolute Gasteiger partial charge is 0.459 e. The van der Waals surface area contributed by atoms with Gasteiger partial charge in [0, 0.05) is 17.3 Å². The van der Waals surface area contributed by atoms with Crippen LogP contribution < -0.4 is 5.56 Å². The molecule has 0 saturated heterocycles. The standard InChI is InChI=1S/C20H17ClN2O3/c1-12-6-7-18-22-13(8-19(24)23(18)10-12)11-26-20(25)16-9-15(16)14-4-2-3-5-17(14)21/h2-8,10,15-16H,9,11H2,1H3. The van der Waals surface area contributed by atoms with Crippen LogP contribution in [0, 0.1) is 12.8 Å². The van der Waals surface area contributed by atoms with Gasteiger partial charge >= 0.3 is 5.97 Å². The van der Waals surface area contributed by atoms with E-state index in [0.29, 0.717) is 16.4 Å². The SMILES string of the molecule is Cc1ccc2nc(COC(=O)C3CC3c3ccccc3Cl)cc(=O)n2c1. The van der Waals surface area contributed by atoms with E-state index in [4.69, 9.17) is 16.3 Å². The van der Waals surface area contributed by atoms with Crippen molar-refractivity contribution in [2.75, 3.05) is 0 Å². The molecule has 26 heavy (non-hydrogen) atoms. The van der Waals surface area contributed by atoms with E-state index in [-0.39, 0.29) is 30.0 Å². The maximum Gasteiger partial charge on any atom is 0.309 e. The maximum atomic E-state index is 12.3. The van der Waals surface area contributed by atoms with Crippen molar-refractivity contribution in [1.29, 1.82) is 0 Å². The van der Waals surface area contributed by atoms with Gasteiger partial charge in [0.05, 0.1) is 11.6 Å². The lowest BCUT2D eigenvalue weighted by Gasteiger charge is -2.07. The van der Waals surface area contributed by atoms with Crippen LogP contribution in [0.1, 0.15) is 29.2 Å². The number of carbonyl (C=O) groups is 1. The van der Waals surface area contributed by atoms with E-state index in [9.17, 15) is 9.59 Å². The van der Waals surface area contributed by atoms with E-state index in [2.05, 4.69) is 4.98 Å². The summed E-state index contributed by atoms with van der Waals surface area (Å²) in [7, 11) is 0. The number of aromatic nitrogens is 2. The first-order chi connectivity index (χ1) is 12.5. The molecular weight excluding hydrogens is 352 g/mol. The molecular formula is C20H17ClN2O3.